The second-order valence-corrected chi connectivity index (χ2v) is 5.38. The Morgan fingerprint density at radius 2 is 1.54 bits per heavy atom. The molecule has 0 atom stereocenters. The fourth-order valence-electron chi connectivity index (χ4n) is 2.52. The maximum atomic E-state index is 10.9. The number of benzene rings is 3. The first-order chi connectivity index (χ1) is 11.7. The van der Waals surface area contributed by atoms with E-state index in [2.05, 4.69) is 6.07 Å². The van der Waals surface area contributed by atoms with Gasteiger partial charge in [0.25, 0.3) is 0 Å². The van der Waals surface area contributed by atoms with Crippen LogP contribution in [0.4, 0.5) is 0 Å². The van der Waals surface area contributed by atoms with Gasteiger partial charge in [0.05, 0.1) is 6.42 Å². The average molecular weight is 322 g/mol. The van der Waals surface area contributed by atoms with E-state index in [0.29, 0.717) is 24.5 Å². The summed E-state index contributed by atoms with van der Waals surface area (Å²) >= 11 is 0. The number of aliphatic carboxylic acids is 1. The molecule has 0 aliphatic heterocycles. The third-order valence-corrected chi connectivity index (χ3v) is 3.64. The SMILES string of the molecule is O=C(O)Cc1ccccc1OCCOc1ccc2ccccc2c1. The molecule has 0 saturated heterocycles. The normalized spacial score (nSPS) is 10.5. The second-order valence-electron chi connectivity index (χ2n) is 5.38. The second kappa shape index (κ2) is 7.51. The molecule has 0 aromatic heterocycles. The standard InChI is InChI=1S/C20H18O4/c21-20(22)14-17-7-3-4-8-19(17)24-12-11-23-18-10-9-15-5-1-2-6-16(15)13-18/h1-10,13H,11-12,14H2,(H,21,22). The minimum atomic E-state index is -0.876. The summed E-state index contributed by atoms with van der Waals surface area (Å²) < 4.78 is 11.4. The van der Waals surface area contributed by atoms with Gasteiger partial charge in [0.1, 0.15) is 24.7 Å². The Morgan fingerprint density at radius 3 is 2.38 bits per heavy atom. The van der Waals surface area contributed by atoms with Gasteiger partial charge >= 0.3 is 5.97 Å². The van der Waals surface area contributed by atoms with E-state index in [-0.39, 0.29) is 6.42 Å². The van der Waals surface area contributed by atoms with Gasteiger partial charge in [-0.25, -0.2) is 0 Å². The molecule has 0 amide bonds. The van der Waals surface area contributed by atoms with Crippen LogP contribution in [0.3, 0.4) is 0 Å². The lowest BCUT2D eigenvalue weighted by Gasteiger charge is -2.11. The van der Waals surface area contributed by atoms with E-state index in [1.807, 2.05) is 42.5 Å². The van der Waals surface area contributed by atoms with E-state index >= 15 is 0 Å². The number of hydrogen-bond donors (Lipinski definition) is 1. The summed E-state index contributed by atoms with van der Waals surface area (Å²) in [6.07, 6.45) is -0.0539. The van der Waals surface area contributed by atoms with Crippen LogP contribution in [0.25, 0.3) is 10.8 Å². The summed E-state index contributed by atoms with van der Waals surface area (Å²) in [6, 6.07) is 21.2. The fourth-order valence-corrected chi connectivity index (χ4v) is 2.52. The predicted molar refractivity (Wildman–Crippen MR) is 92.7 cm³/mol. The zero-order chi connectivity index (χ0) is 16.8. The van der Waals surface area contributed by atoms with Crippen molar-refractivity contribution in [1.82, 2.24) is 0 Å². The Bertz CT molecular complexity index is 842. The number of carboxylic acid groups (broad SMARTS) is 1. The molecule has 3 rings (SSSR count). The minimum absolute atomic E-state index is 0.0539. The van der Waals surface area contributed by atoms with Crippen LogP contribution >= 0.6 is 0 Å². The highest BCUT2D eigenvalue weighted by atomic mass is 16.5. The Labute approximate surface area is 140 Å². The van der Waals surface area contributed by atoms with Gasteiger partial charge in [0, 0.05) is 5.56 Å². The van der Waals surface area contributed by atoms with Crippen LogP contribution in [0.5, 0.6) is 11.5 Å². The van der Waals surface area contributed by atoms with Crippen molar-refractivity contribution < 1.29 is 19.4 Å². The van der Waals surface area contributed by atoms with Crippen molar-refractivity contribution in [2.24, 2.45) is 0 Å². The summed E-state index contributed by atoms with van der Waals surface area (Å²) in [5, 5.41) is 11.2. The van der Waals surface area contributed by atoms with E-state index in [9.17, 15) is 4.79 Å². The Hall–Kier alpha value is -3.01. The highest BCUT2D eigenvalue weighted by Gasteiger charge is 2.07. The monoisotopic (exact) mass is 322 g/mol. The predicted octanol–water partition coefficient (Wildman–Crippen LogP) is 3.92. The van der Waals surface area contributed by atoms with Crippen molar-refractivity contribution in [3.8, 4) is 11.5 Å². The van der Waals surface area contributed by atoms with Crippen LogP contribution < -0.4 is 9.47 Å². The van der Waals surface area contributed by atoms with Crippen LogP contribution in [-0.4, -0.2) is 24.3 Å². The van der Waals surface area contributed by atoms with Gasteiger partial charge in [-0.15, -0.1) is 0 Å². The van der Waals surface area contributed by atoms with Crippen molar-refractivity contribution in [3.63, 3.8) is 0 Å². The summed E-state index contributed by atoms with van der Waals surface area (Å²) in [6.45, 7) is 0.739. The zero-order valence-electron chi connectivity index (χ0n) is 13.1. The molecule has 3 aromatic rings. The van der Waals surface area contributed by atoms with E-state index in [1.54, 1.807) is 18.2 Å². The van der Waals surface area contributed by atoms with Crippen LogP contribution in [-0.2, 0) is 11.2 Å². The summed E-state index contributed by atoms with van der Waals surface area (Å²) in [4.78, 5) is 10.9. The molecule has 0 heterocycles. The van der Waals surface area contributed by atoms with Crippen LogP contribution in [0.2, 0.25) is 0 Å². The molecule has 4 heteroatoms. The third-order valence-electron chi connectivity index (χ3n) is 3.64. The molecule has 122 valence electrons. The van der Waals surface area contributed by atoms with E-state index in [1.165, 1.54) is 5.39 Å². The van der Waals surface area contributed by atoms with E-state index in [4.69, 9.17) is 14.6 Å². The van der Waals surface area contributed by atoms with Gasteiger partial charge in [0.15, 0.2) is 0 Å². The Morgan fingerprint density at radius 1 is 0.833 bits per heavy atom. The molecule has 0 fully saturated rings. The van der Waals surface area contributed by atoms with E-state index < -0.39 is 5.97 Å². The number of ether oxygens (including phenoxy) is 2. The number of hydrogen-bond acceptors (Lipinski definition) is 3. The first kappa shape index (κ1) is 15.9. The van der Waals surface area contributed by atoms with Gasteiger partial charge in [0.2, 0.25) is 0 Å². The number of rotatable bonds is 7. The van der Waals surface area contributed by atoms with Gasteiger partial charge in [-0.2, -0.15) is 0 Å². The molecule has 24 heavy (non-hydrogen) atoms. The van der Waals surface area contributed by atoms with Crippen molar-refractivity contribution in [1.29, 1.82) is 0 Å². The van der Waals surface area contributed by atoms with Gasteiger partial charge in [-0.1, -0.05) is 48.5 Å². The first-order valence-electron chi connectivity index (χ1n) is 7.76. The number of carbonyl (C=O) groups is 1. The topological polar surface area (TPSA) is 55.8 Å². The quantitative estimate of drug-likeness (QED) is 0.670. The maximum Gasteiger partial charge on any atom is 0.307 e. The number of para-hydroxylation sites is 1. The van der Waals surface area contributed by atoms with Crippen molar-refractivity contribution in [2.75, 3.05) is 13.2 Å². The molecule has 1 N–H and O–H groups in total. The molecule has 0 spiro atoms. The van der Waals surface area contributed by atoms with Gasteiger partial charge in [-0.3, -0.25) is 4.79 Å². The highest BCUT2D eigenvalue weighted by molar-refractivity contribution is 5.83. The maximum absolute atomic E-state index is 10.9. The summed E-state index contributed by atoms with van der Waals surface area (Å²) in [5.74, 6) is 0.497. The van der Waals surface area contributed by atoms with Crippen LogP contribution in [0.1, 0.15) is 5.56 Å². The van der Waals surface area contributed by atoms with Gasteiger partial charge < -0.3 is 14.6 Å². The smallest absolute Gasteiger partial charge is 0.307 e. The van der Waals surface area contributed by atoms with Crippen LogP contribution in [0, 0.1) is 0 Å². The fraction of sp³-hybridized carbons (Fsp3) is 0.150. The zero-order valence-corrected chi connectivity index (χ0v) is 13.1. The van der Waals surface area contributed by atoms with Crippen molar-refractivity contribution >= 4 is 16.7 Å². The first-order valence-corrected chi connectivity index (χ1v) is 7.76. The molecule has 0 radical (unpaired) electrons. The Kier molecular flexibility index (Phi) is 4.96. The molecule has 0 unspecified atom stereocenters. The third kappa shape index (κ3) is 4.04. The minimum Gasteiger partial charge on any atom is -0.490 e. The van der Waals surface area contributed by atoms with Crippen molar-refractivity contribution in [2.45, 2.75) is 6.42 Å². The molecule has 3 aromatic carbocycles. The van der Waals surface area contributed by atoms with E-state index in [0.717, 1.165) is 11.1 Å². The Balaban J connectivity index is 1.56. The lowest BCUT2D eigenvalue weighted by atomic mass is 10.1. The molecule has 0 aliphatic rings. The van der Waals surface area contributed by atoms with Gasteiger partial charge in [-0.05, 0) is 29.0 Å². The lowest BCUT2D eigenvalue weighted by molar-refractivity contribution is -0.136. The molecule has 0 saturated carbocycles. The molecule has 4 nitrogen and oxygen atoms in total. The summed E-state index contributed by atoms with van der Waals surface area (Å²) in [5.41, 5.74) is 0.663. The number of carboxylic acids is 1. The largest absolute Gasteiger partial charge is 0.490 e. The van der Waals surface area contributed by atoms with Crippen LogP contribution in [0.15, 0.2) is 66.7 Å². The molecule has 0 bridgehead atoms. The summed E-state index contributed by atoms with van der Waals surface area (Å²) in [7, 11) is 0. The lowest BCUT2D eigenvalue weighted by Crippen LogP contribution is -2.11. The molecular formula is C20H18O4. The average Bonchev–Trinajstić information content (AvgIpc) is 2.59. The number of fused-ring (bicyclic) bond motifs is 1. The highest BCUT2D eigenvalue weighted by Crippen LogP contribution is 2.21. The van der Waals surface area contributed by atoms with Crippen molar-refractivity contribution in [3.05, 3.63) is 72.3 Å². The molecule has 0 aliphatic carbocycles. The molecular weight excluding hydrogens is 304 g/mol.